The van der Waals surface area contributed by atoms with E-state index in [4.69, 9.17) is 0 Å². The normalized spacial score (nSPS) is 15.7. The first-order valence-corrected chi connectivity index (χ1v) is 9.94. The first-order valence-electron chi connectivity index (χ1n) is 8.50. The van der Waals surface area contributed by atoms with Gasteiger partial charge >= 0.3 is 0 Å². The zero-order valence-corrected chi connectivity index (χ0v) is 15.3. The van der Waals surface area contributed by atoms with Crippen LogP contribution in [0.15, 0.2) is 29.2 Å². The molecule has 6 nitrogen and oxygen atoms in total. The minimum Gasteiger partial charge on any atom is -0.340 e. The number of hydrogen-bond donors (Lipinski definition) is 1. The Morgan fingerprint density at radius 2 is 1.96 bits per heavy atom. The van der Waals surface area contributed by atoms with E-state index < -0.39 is 10.0 Å². The second-order valence-corrected chi connectivity index (χ2v) is 8.04. The standard InChI is InChI=1S/C17H27N3O3S/c1-3-10-20(11-7-17(21)19-12-8-18-9-13-19)24(22,23)16-6-4-5-15(2)14-16/h4-6,14,18H,3,7-13H2,1-2H3. The molecule has 0 spiro atoms. The summed E-state index contributed by atoms with van der Waals surface area (Å²) in [7, 11) is -3.56. The van der Waals surface area contributed by atoms with Crippen molar-refractivity contribution in [3.05, 3.63) is 29.8 Å². The van der Waals surface area contributed by atoms with Gasteiger partial charge in [0.25, 0.3) is 0 Å². The van der Waals surface area contributed by atoms with Gasteiger partial charge in [-0.25, -0.2) is 8.42 Å². The molecule has 1 saturated heterocycles. The summed E-state index contributed by atoms with van der Waals surface area (Å²) in [5.41, 5.74) is 0.907. The molecule has 0 saturated carbocycles. The van der Waals surface area contributed by atoms with Crippen LogP contribution in [0.5, 0.6) is 0 Å². The third-order valence-electron chi connectivity index (χ3n) is 4.15. The molecule has 1 heterocycles. The van der Waals surface area contributed by atoms with Crippen LogP contribution in [0.25, 0.3) is 0 Å². The lowest BCUT2D eigenvalue weighted by molar-refractivity contribution is -0.131. The minimum absolute atomic E-state index is 0.0250. The lowest BCUT2D eigenvalue weighted by Gasteiger charge is -2.28. The van der Waals surface area contributed by atoms with Gasteiger partial charge in [-0.05, 0) is 31.0 Å². The molecule has 0 radical (unpaired) electrons. The fourth-order valence-electron chi connectivity index (χ4n) is 2.82. The van der Waals surface area contributed by atoms with E-state index in [1.165, 1.54) is 4.31 Å². The predicted octanol–water partition coefficient (Wildman–Crippen LogP) is 1.22. The number of piperazine rings is 1. The predicted molar refractivity (Wildman–Crippen MR) is 94.3 cm³/mol. The van der Waals surface area contributed by atoms with Crippen LogP contribution in [0.4, 0.5) is 0 Å². The van der Waals surface area contributed by atoms with Crippen molar-refractivity contribution in [3.63, 3.8) is 0 Å². The van der Waals surface area contributed by atoms with Crippen LogP contribution < -0.4 is 5.32 Å². The summed E-state index contributed by atoms with van der Waals surface area (Å²) in [6, 6.07) is 6.91. The van der Waals surface area contributed by atoms with Gasteiger partial charge in [-0.2, -0.15) is 4.31 Å². The van der Waals surface area contributed by atoms with Crippen LogP contribution in [0, 0.1) is 6.92 Å². The number of amides is 1. The molecule has 0 unspecified atom stereocenters. The van der Waals surface area contributed by atoms with E-state index in [0.29, 0.717) is 31.0 Å². The molecule has 1 aromatic carbocycles. The maximum absolute atomic E-state index is 12.9. The summed E-state index contributed by atoms with van der Waals surface area (Å²) in [6.45, 7) is 7.44. The quantitative estimate of drug-likeness (QED) is 0.800. The van der Waals surface area contributed by atoms with Crippen LogP contribution in [0.3, 0.4) is 0 Å². The number of nitrogens with zero attached hydrogens (tertiary/aromatic N) is 2. The van der Waals surface area contributed by atoms with Gasteiger partial charge in [-0.3, -0.25) is 4.79 Å². The lowest BCUT2D eigenvalue weighted by atomic mass is 10.2. The lowest BCUT2D eigenvalue weighted by Crippen LogP contribution is -2.47. The zero-order valence-electron chi connectivity index (χ0n) is 14.5. The number of carbonyl (C=O) groups is 1. The number of carbonyl (C=O) groups excluding carboxylic acids is 1. The average Bonchev–Trinajstić information content (AvgIpc) is 2.59. The van der Waals surface area contributed by atoms with Gasteiger partial charge in [0.2, 0.25) is 15.9 Å². The average molecular weight is 353 g/mol. The molecule has 1 aliphatic heterocycles. The molecule has 0 atom stereocenters. The Bertz CT molecular complexity index is 655. The van der Waals surface area contributed by atoms with E-state index in [-0.39, 0.29) is 18.9 Å². The Balaban J connectivity index is 2.06. The van der Waals surface area contributed by atoms with Crippen LogP contribution in [-0.4, -0.2) is 62.8 Å². The monoisotopic (exact) mass is 353 g/mol. The van der Waals surface area contributed by atoms with E-state index >= 15 is 0 Å². The van der Waals surface area contributed by atoms with Crippen molar-refractivity contribution >= 4 is 15.9 Å². The second-order valence-electron chi connectivity index (χ2n) is 6.10. The van der Waals surface area contributed by atoms with Gasteiger partial charge in [-0.15, -0.1) is 0 Å². The highest BCUT2D eigenvalue weighted by molar-refractivity contribution is 7.89. The molecule has 1 N–H and O–H groups in total. The van der Waals surface area contributed by atoms with Crippen molar-refractivity contribution in [2.24, 2.45) is 0 Å². The van der Waals surface area contributed by atoms with Crippen LogP contribution in [0.1, 0.15) is 25.3 Å². The molecule has 134 valence electrons. The zero-order chi connectivity index (χ0) is 17.6. The van der Waals surface area contributed by atoms with Gasteiger partial charge in [0.1, 0.15) is 0 Å². The fourth-order valence-corrected chi connectivity index (χ4v) is 4.46. The van der Waals surface area contributed by atoms with Crippen molar-refractivity contribution in [3.8, 4) is 0 Å². The van der Waals surface area contributed by atoms with E-state index in [2.05, 4.69) is 5.32 Å². The summed E-state index contributed by atoms with van der Waals surface area (Å²) in [5.74, 6) is 0.0250. The highest BCUT2D eigenvalue weighted by atomic mass is 32.2. The second kappa shape index (κ2) is 8.60. The first-order chi connectivity index (χ1) is 11.4. The Morgan fingerprint density at radius 1 is 1.25 bits per heavy atom. The Kier molecular flexibility index (Phi) is 6.77. The largest absolute Gasteiger partial charge is 0.340 e. The summed E-state index contributed by atoms with van der Waals surface area (Å²) in [4.78, 5) is 14.4. The number of aryl methyl sites for hydroxylation is 1. The van der Waals surface area contributed by atoms with Crippen LogP contribution >= 0.6 is 0 Å². The smallest absolute Gasteiger partial charge is 0.243 e. The van der Waals surface area contributed by atoms with Gasteiger partial charge < -0.3 is 10.2 Å². The third-order valence-corrected chi connectivity index (χ3v) is 6.04. The summed E-state index contributed by atoms with van der Waals surface area (Å²) in [6.07, 6.45) is 0.942. The van der Waals surface area contributed by atoms with E-state index in [1.807, 2.05) is 19.9 Å². The summed E-state index contributed by atoms with van der Waals surface area (Å²) >= 11 is 0. The summed E-state index contributed by atoms with van der Waals surface area (Å²) < 4.78 is 27.1. The fraction of sp³-hybridized carbons (Fsp3) is 0.588. The molecule has 24 heavy (non-hydrogen) atoms. The SMILES string of the molecule is CCCN(CCC(=O)N1CCNCC1)S(=O)(=O)c1cccc(C)c1. The molecule has 1 fully saturated rings. The van der Waals surface area contributed by atoms with Crippen molar-refractivity contribution in [2.45, 2.75) is 31.6 Å². The molecular weight excluding hydrogens is 326 g/mol. The highest BCUT2D eigenvalue weighted by Crippen LogP contribution is 2.18. The number of benzene rings is 1. The van der Waals surface area contributed by atoms with Crippen molar-refractivity contribution in [2.75, 3.05) is 39.3 Å². The molecule has 2 rings (SSSR count). The number of rotatable bonds is 7. The topological polar surface area (TPSA) is 69.7 Å². The molecule has 1 aliphatic rings. The molecule has 0 bridgehead atoms. The highest BCUT2D eigenvalue weighted by Gasteiger charge is 2.25. The van der Waals surface area contributed by atoms with Gasteiger partial charge in [0, 0.05) is 45.7 Å². The van der Waals surface area contributed by atoms with Gasteiger partial charge in [0.15, 0.2) is 0 Å². The maximum atomic E-state index is 12.9. The molecule has 1 amide bonds. The molecular formula is C17H27N3O3S. The Labute approximate surface area is 144 Å². The molecule has 0 aliphatic carbocycles. The summed E-state index contributed by atoms with van der Waals surface area (Å²) in [5, 5.41) is 3.21. The van der Waals surface area contributed by atoms with Crippen molar-refractivity contribution < 1.29 is 13.2 Å². The first kappa shape index (κ1) is 18.9. The van der Waals surface area contributed by atoms with Crippen molar-refractivity contribution in [1.29, 1.82) is 0 Å². The number of hydrogen-bond acceptors (Lipinski definition) is 4. The number of nitrogens with one attached hydrogen (secondary N) is 1. The van der Waals surface area contributed by atoms with E-state index in [0.717, 1.165) is 18.7 Å². The molecule has 0 aromatic heterocycles. The Morgan fingerprint density at radius 3 is 2.58 bits per heavy atom. The maximum Gasteiger partial charge on any atom is 0.243 e. The van der Waals surface area contributed by atoms with Gasteiger partial charge in [0.05, 0.1) is 4.90 Å². The van der Waals surface area contributed by atoms with Gasteiger partial charge in [-0.1, -0.05) is 19.1 Å². The van der Waals surface area contributed by atoms with E-state index in [9.17, 15) is 13.2 Å². The van der Waals surface area contributed by atoms with Crippen molar-refractivity contribution in [1.82, 2.24) is 14.5 Å². The Hall–Kier alpha value is -1.44. The van der Waals surface area contributed by atoms with Crippen LogP contribution in [0.2, 0.25) is 0 Å². The third kappa shape index (κ3) is 4.78. The minimum atomic E-state index is -3.56. The van der Waals surface area contributed by atoms with Crippen LogP contribution in [-0.2, 0) is 14.8 Å². The molecule has 1 aromatic rings. The van der Waals surface area contributed by atoms with E-state index in [1.54, 1.807) is 23.1 Å². The number of sulfonamides is 1. The molecule has 7 heteroatoms.